The predicted octanol–water partition coefficient (Wildman–Crippen LogP) is 2.04. The molecule has 1 aromatic heterocycles. The Labute approximate surface area is 126 Å². The Bertz CT molecular complexity index is 713. The number of nitrogens with one attached hydrogen (secondary N) is 1. The lowest BCUT2D eigenvalue weighted by molar-refractivity contribution is 0.581. The minimum absolute atomic E-state index is 0.0374. The molecule has 0 amide bonds. The summed E-state index contributed by atoms with van der Waals surface area (Å²) in [4.78, 5) is 5.17. The molecule has 0 atom stereocenters. The highest BCUT2D eigenvalue weighted by Gasteiger charge is 2.18. The van der Waals surface area contributed by atoms with Crippen molar-refractivity contribution in [2.45, 2.75) is 24.9 Å². The number of thiazole rings is 1. The van der Waals surface area contributed by atoms with Gasteiger partial charge in [0.1, 0.15) is 9.90 Å². The zero-order valence-corrected chi connectivity index (χ0v) is 13.1. The topological polar surface area (TPSA) is 85.1 Å². The van der Waals surface area contributed by atoms with Crippen LogP contribution < -0.4 is 10.5 Å². The molecular weight excluding hydrogens is 318 g/mol. The number of sulfonamides is 1. The van der Waals surface area contributed by atoms with E-state index >= 15 is 0 Å². The second-order valence-corrected chi connectivity index (χ2v) is 7.62. The average molecular weight is 332 g/mol. The van der Waals surface area contributed by atoms with Crippen LogP contribution >= 0.6 is 22.9 Å². The molecule has 8 heteroatoms. The maximum atomic E-state index is 12.2. The van der Waals surface area contributed by atoms with Crippen LogP contribution in [0, 0.1) is 6.92 Å². The van der Waals surface area contributed by atoms with Gasteiger partial charge in [0.25, 0.3) is 0 Å². The third kappa shape index (κ3) is 3.56. The van der Waals surface area contributed by atoms with Gasteiger partial charge < -0.3 is 5.73 Å². The summed E-state index contributed by atoms with van der Waals surface area (Å²) in [5.41, 5.74) is 6.22. The predicted molar refractivity (Wildman–Crippen MR) is 80.2 cm³/mol. The molecule has 0 unspecified atom stereocenters. The first-order valence-electron chi connectivity index (χ1n) is 5.82. The number of benzene rings is 1. The van der Waals surface area contributed by atoms with Gasteiger partial charge in [0.05, 0.1) is 11.6 Å². The molecule has 0 saturated carbocycles. The van der Waals surface area contributed by atoms with Crippen LogP contribution in [0.2, 0.25) is 5.02 Å². The van der Waals surface area contributed by atoms with Gasteiger partial charge in [-0.1, -0.05) is 17.7 Å². The van der Waals surface area contributed by atoms with Gasteiger partial charge in [-0.05, 0) is 24.6 Å². The molecule has 0 aliphatic heterocycles. The van der Waals surface area contributed by atoms with E-state index in [2.05, 4.69) is 9.71 Å². The fraction of sp³-hybridized carbons (Fsp3) is 0.250. The fourth-order valence-corrected chi connectivity index (χ4v) is 3.95. The summed E-state index contributed by atoms with van der Waals surface area (Å²) in [6.07, 6.45) is 1.70. The summed E-state index contributed by atoms with van der Waals surface area (Å²) in [5, 5.41) is 0.877. The first-order valence-corrected chi connectivity index (χ1v) is 8.49. The van der Waals surface area contributed by atoms with Crippen molar-refractivity contribution >= 4 is 33.0 Å². The lowest BCUT2D eigenvalue weighted by atomic mass is 10.2. The number of aromatic nitrogens is 1. The standard InChI is InChI=1S/C12H14ClN3O2S2/c1-8-6-15-12(19-8)7-16-20(17,18)11-4-9(5-14)2-3-10(11)13/h2-4,6,16H,5,7,14H2,1H3. The average Bonchev–Trinajstić information content (AvgIpc) is 2.83. The maximum absolute atomic E-state index is 12.2. The van der Waals surface area contributed by atoms with E-state index in [1.54, 1.807) is 12.3 Å². The molecule has 0 fully saturated rings. The minimum atomic E-state index is -3.68. The highest BCUT2D eigenvalue weighted by molar-refractivity contribution is 7.89. The Kier molecular flexibility index (Phi) is 4.77. The molecule has 20 heavy (non-hydrogen) atoms. The molecule has 0 saturated heterocycles. The van der Waals surface area contributed by atoms with Crippen LogP contribution in [0.5, 0.6) is 0 Å². The van der Waals surface area contributed by atoms with Crippen LogP contribution in [0.1, 0.15) is 15.4 Å². The smallest absolute Gasteiger partial charge is 0.242 e. The lowest BCUT2D eigenvalue weighted by Crippen LogP contribution is -2.23. The molecule has 0 radical (unpaired) electrons. The monoisotopic (exact) mass is 331 g/mol. The first-order chi connectivity index (χ1) is 9.42. The molecular formula is C12H14ClN3O2S2. The van der Waals surface area contributed by atoms with Crippen LogP contribution in [0.15, 0.2) is 29.3 Å². The van der Waals surface area contributed by atoms with Crippen LogP contribution in [-0.4, -0.2) is 13.4 Å². The van der Waals surface area contributed by atoms with E-state index in [-0.39, 0.29) is 23.0 Å². The summed E-state index contributed by atoms with van der Waals surface area (Å²) in [5.74, 6) is 0. The number of rotatable bonds is 5. The van der Waals surface area contributed by atoms with Crippen molar-refractivity contribution < 1.29 is 8.42 Å². The van der Waals surface area contributed by atoms with Crippen molar-refractivity contribution in [3.8, 4) is 0 Å². The van der Waals surface area contributed by atoms with Crippen molar-refractivity contribution in [1.29, 1.82) is 0 Å². The molecule has 2 aromatic rings. The number of nitrogens with two attached hydrogens (primary N) is 1. The van der Waals surface area contributed by atoms with Crippen molar-refractivity contribution in [1.82, 2.24) is 9.71 Å². The molecule has 1 aromatic carbocycles. The molecule has 108 valence electrons. The van der Waals surface area contributed by atoms with Gasteiger partial charge >= 0.3 is 0 Å². The second-order valence-electron chi connectivity index (χ2n) is 4.16. The Morgan fingerprint density at radius 2 is 2.20 bits per heavy atom. The van der Waals surface area contributed by atoms with Gasteiger partial charge in [-0.2, -0.15) is 0 Å². The van der Waals surface area contributed by atoms with E-state index in [1.165, 1.54) is 23.5 Å². The Morgan fingerprint density at radius 1 is 1.45 bits per heavy atom. The fourth-order valence-electron chi connectivity index (χ4n) is 1.60. The molecule has 0 aliphatic carbocycles. The Morgan fingerprint density at radius 3 is 2.80 bits per heavy atom. The molecule has 0 spiro atoms. The number of hydrogen-bond acceptors (Lipinski definition) is 5. The van der Waals surface area contributed by atoms with Crippen molar-refractivity contribution in [2.24, 2.45) is 5.73 Å². The van der Waals surface area contributed by atoms with Gasteiger partial charge in [-0.25, -0.2) is 18.1 Å². The van der Waals surface area contributed by atoms with E-state index in [0.717, 1.165) is 4.88 Å². The second kappa shape index (κ2) is 6.19. The van der Waals surface area contributed by atoms with Crippen molar-refractivity contribution in [3.05, 3.63) is 44.9 Å². The van der Waals surface area contributed by atoms with E-state index in [0.29, 0.717) is 10.6 Å². The SMILES string of the molecule is Cc1cnc(CNS(=O)(=O)c2cc(CN)ccc2Cl)s1. The van der Waals surface area contributed by atoms with Gasteiger partial charge in [-0.3, -0.25) is 0 Å². The molecule has 0 aliphatic rings. The Balaban J connectivity index is 2.21. The van der Waals surface area contributed by atoms with Crippen molar-refractivity contribution in [3.63, 3.8) is 0 Å². The third-order valence-electron chi connectivity index (χ3n) is 2.60. The van der Waals surface area contributed by atoms with Gasteiger partial charge in [-0.15, -0.1) is 11.3 Å². The lowest BCUT2D eigenvalue weighted by Gasteiger charge is -2.08. The molecule has 0 bridgehead atoms. The van der Waals surface area contributed by atoms with Crippen molar-refractivity contribution in [2.75, 3.05) is 0 Å². The summed E-state index contributed by atoms with van der Waals surface area (Å²) in [7, 11) is -3.68. The van der Waals surface area contributed by atoms with Gasteiger partial charge in [0.15, 0.2) is 0 Å². The number of aryl methyl sites for hydroxylation is 1. The largest absolute Gasteiger partial charge is 0.326 e. The Hall–Kier alpha value is -0.990. The first kappa shape index (κ1) is 15.4. The molecule has 1 heterocycles. The van der Waals surface area contributed by atoms with Crippen LogP contribution in [-0.2, 0) is 23.1 Å². The number of nitrogens with zero attached hydrogens (tertiary/aromatic N) is 1. The maximum Gasteiger partial charge on any atom is 0.242 e. The van der Waals surface area contributed by atoms with Gasteiger partial charge in [0.2, 0.25) is 10.0 Å². The summed E-state index contributed by atoms with van der Waals surface area (Å²) < 4.78 is 27.0. The summed E-state index contributed by atoms with van der Waals surface area (Å²) in [6.45, 7) is 2.31. The normalized spacial score (nSPS) is 11.8. The highest BCUT2D eigenvalue weighted by atomic mass is 35.5. The minimum Gasteiger partial charge on any atom is -0.326 e. The van der Waals surface area contributed by atoms with Crippen LogP contribution in [0.3, 0.4) is 0 Å². The molecule has 5 nitrogen and oxygen atoms in total. The van der Waals surface area contributed by atoms with E-state index < -0.39 is 10.0 Å². The summed E-state index contributed by atoms with van der Waals surface area (Å²) in [6, 6.07) is 4.72. The zero-order chi connectivity index (χ0) is 14.8. The van der Waals surface area contributed by atoms with Crippen LogP contribution in [0.25, 0.3) is 0 Å². The van der Waals surface area contributed by atoms with Gasteiger partial charge in [0, 0.05) is 17.6 Å². The molecule has 3 N–H and O–H groups in total. The summed E-state index contributed by atoms with van der Waals surface area (Å²) >= 11 is 7.39. The van der Waals surface area contributed by atoms with Crippen LogP contribution in [0.4, 0.5) is 0 Å². The zero-order valence-electron chi connectivity index (χ0n) is 10.8. The van der Waals surface area contributed by atoms with E-state index in [1.807, 2.05) is 6.92 Å². The molecule has 2 rings (SSSR count). The highest BCUT2D eigenvalue weighted by Crippen LogP contribution is 2.23. The van der Waals surface area contributed by atoms with E-state index in [9.17, 15) is 8.42 Å². The number of hydrogen-bond donors (Lipinski definition) is 2. The quantitative estimate of drug-likeness (QED) is 0.878. The third-order valence-corrected chi connectivity index (χ3v) is 5.40. The number of halogens is 1. The van der Waals surface area contributed by atoms with E-state index in [4.69, 9.17) is 17.3 Å².